The summed E-state index contributed by atoms with van der Waals surface area (Å²) >= 11 is 0. The highest BCUT2D eigenvalue weighted by Gasteiger charge is 2.11. The summed E-state index contributed by atoms with van der Waals surface area (Å²) in [5, 5.41) is 24.1. The Morgan fingerprint density at radius 1 is 1.25 bits per heavy atom. The van der Waals surface area contributed by atoms with Crippen LogP contribution in [0.25, 0.3) is 0 Å². The van der Waals surface area contributed by atoms with Crippen molar-refractivity contribution in [3.05, 3.63) is 59.8 Å². The molecule has 1 amide bonds. The average Bonchev–Trinajstić information content (AvgIpc) is 2.58. The number of nitriles is 1. The SMILES string of the molecule is COc1ccccc1N/C=C(/C#N)C(=O)Nc1ccc(O)cc1C. The minimum Gasteiger partial charge on any atom is -0.508 e. The lowest BCUT2D eigenvalue weighted by atomic mass is 10.2. The molecule has 122 valence electrons. The van der Waals surface area contributed by atoms with E-state index in [2.05, 4.69) is 10.6 Å². The number of nitrogens with zero attached hydrogens (tertiary/aromatic N) is 1. The van der Waals surface area contributed by atoms with Gasteiger partial charge >= 0.3 is 0 Å². The molecule has 2 aromatic carbocycles. The molecule has 3 N–H and O–H groups in total. The zero-order valence-electron chi connectivity index (χ0n) is 13.3. The number of rotatable bonds is 5. The van der Waals surface area contributed by atoms with Crippen molar-refractivity contribution in [3.8, 4) is 17.6 Å². The van der Waals surface area contributed by atoms with Crippen LogP contribution in [0, 0.1) is 18.3 Å². The van der Waals surface area contributed by atoms with Gasteiger partial charge < -0.3 is 20.5 Å². The van der Waals surface area contributed by atoms with Crippen LogP contribution in [0.4, 0.5) is 11.4 Å². The van der Waals surface area contributed by atoms with Crippen LogP contribution in [0.3, 0.4) is 0 Å². The van der Waals surface area contributed by atoms with Gasteiger partial charge in [0.25, 0.3) is 5.91 Å². The van der Waals surface area contributed by atoms with Crippen molar-refractivity contribution in [1.82, 2.24) is 0 Å². The van der Waals surface area contributed by atoms with Crippen molar-refractivity contribution in [2.45, 2.75) is 6.92 Å². The largest absolute Gasteiger partial charge is 0.508 e. The highest BCUT2D eigenvalue weighted by atomic mass is 16.5. The summed E-state index contributed by atoms with van der Waals surface area (Å²) in [5.41, 5.74) is 1.77. The van der Waals surface area contributed by atoms with Crippen LogP contribution in [-0.2, 0) is 4.79 Å². The molecule has 6 nitrogen and oxygen atoms in total. The minimum atomic E-state index is -0.548. The molecule has 0 heterocycles. The molecule has 0 fully saturated rings. The molecular weight excluding hydrogens is 306 g/mol. The number of benzene rings is 2. The number of para-hydroxylation sites is 2. The lowest BCUT2D eigenvalue weighted by molar-refractivity contribution is -0.112. The molecule has 2 aromatic rings. The third kappa shape index (κ3) is 4.05. The van der Waals surface area contributed by atoms with Crippen molar-refractivity contribution in [2.24, 2.45) is 0 Å². The molecule has 0 radical (unpaired) electrons. The summed E-state index contributed by atoms with van der Waals surface area (Å²) in [6, 6.07) is 13.6. The number of anilines is 2. The van der Waals surface area contributed by atoms with Crippen LogP contribution in [-0.4, -0.2) is 18.1 Å². The lowest BCUT2D eigenvalue weighted by Crippen LogP contribution is -2.15. The van der Waals surface area contributed by atoms with Gasteiger partial charge in [-0.3, -0.25) is 4.79 Å². The summed E-state index contributed by atoms with van der Waals surface area (Å²) in [6.45, 7) is 1.75. The van der Waals surface area contributed by atoms with Crippen molar-refractivity contribution in [1.29, 1.82) is 5.26 Å². The van der Waals surface area contributed by atoms with Crippen LogP contribution in [0.1, 0.15) is 5.56 Å². The van der Waals surface area contributed by atoms with Gasteiger partial charge in [-0.1, -0.05) is 12.1 Å². The van der Waals surface area contributed by atoms with Crippen molar-refractivity contribution in [3.63, 3.8) is 0 Å². The Hall–Kier alpha value is -3.46. The first-order valence-corrected chi connectivity index (χ1v) is 7.16. The first-order chi connectivity index (χ1) is 11.5. The maximum atomic E-state index is 12.2. The number of aryl methyl sites for hydroxylation is 1. The maximum absolute atomic E-state index is 12.2. The Balaban J connectivity index is 2.15. The summed E-state index contributed by atoms with van der Waals surface area (Å²) < 4.78 is 5.20. The van der Waals surface area contributed by atoms with Gasteiger partial charge in [0.1, 0.15) is 23.1 Å². The Kier molecular flexibility index (Phi) is 5.42. The normalized spacial score (nSPS) is 10.6. The second kappa shape index (κ2) is 7.70. The van der Waals surface area contributed by atoms with Gasteiger partial charge in [-0.15, -0.1) is 0 Å². The quantitative estimate of drug-likeness (QED) is 0.446. The fraction of sp³-hybridized carbons (Fsp3) is 0.111. The molecular formula is C18H17N3O3. The van der Waals surface area contributed by atoms with Gasteiger partial charge in [-0.2, -0.15) is 5.26 Å². The van der Waals surface area contributed by atoms with Crippen LogP contribution in [0.5, 0.6) is 11.5 Å². The summed E-state index contributed by atoms with van der Waals surface area (Å²) in [7, 11) is 1.54. The number of ether oxygens (including phenoxy) is 1. The number of amides is 1. The molecule has 0 saturated heterocycles. The predicted octanol–water partition coefficient (Wildman–Crippen LogP) is 3.17. The molecule has 6 heteroatoms. The standard InChI is InChI=1S/C18H17N3O3/c1-12-9-14(22)7-8-15(12)21-18(23)13(10-19)11-20-16-5-3-4-6-17(16)24-2/h3-9,11,20,22H,1-2H3,(H,21,23)/b13-11-. The molecule has 0 aliphatic carbocycles. The van der Waals surface area contributed by atoms with E-state index in [4.69, 9.17) is 4.74 Å². The van der Waals surface area contributed by atoms with E-state index in [1.54, 1.807) is 25.1 Å². The van der Waals surface area contributed by atoms with Gasteiger partial charge in [0.2, 0.25) is 0 Å². The number of carbonyl (C=O) groups excluding carboxylic acids is 1. The first kappa shape index (κ1) is 16.9. The Labute approximate surface area is 140 Å². The third-order valence-corrected chi connectivity index (χ3v) is 3.30. The summed E-state index contributed by atoms with van der Waals surface area (Å²) in [5.74, 6) is 0.161. The monoisotopic (exact) mass is 323 g/mol. The highest BCUT2D eigenvalue weighted by Crippen LogP contribution is 2.23. The topological polar surface area (TPSA) is 94.4 Å². The fourth-order valence-corrected chi connectivity index (χ4v) is 2.04. The Morgan fingerprint density at radius 2 is 2.00 bits per heavy atom. The van der Waals surface area contributed by atoms with Crippen LogP contribution < -0.4 is 15.4 Å². The molecule has 0 spiro atoms. The van der Waals surface area contributed by atoms with Gasteiger partial charge in [0.15, 0.2) is 0 Å². The Morgan fingerprint density at radius 3 is 2.67 bits per heavy atom. The number of carbonyl (C=O) groups is 1. The van der Waals surface area contributed by atoms with Gasteiger partial charge in [-0.25, -0.2) is 0 Å². The second-order valence-electron chi connectivity index (χ2n) is 4.97. The van der Waals surface area contributed by atoms with E-state index in [0.29, 0.717) is 22.7 Å². The van der Waals surface area contributed by atoms with E-state index in [9.17, 15) is 15.2 Å². The predicted molar refractivity (Wildman–Crippen MR) is 91.8 cm³/mol. The number of methoxy groups -OCH3 is 1. The van der Waals surface area contributed by atoms with Gasteiger partial charge in [-0.05, 0) is 42.8 Å². The maximum Gasteiger partial charge on any atom is 0.267 e. The molecule has 0 bridgehead atoms. The molecule has 0 atom stereocenters. The van der Waals surface area contributed by atoms with E-state index in [1.165, 1.54) is 25.4 Å². The van der Waals surface area contributed by atoms with Crippen molar-refractivity contribution in [2.75, 3.05) is 17.7 Å². The zero-order chi connectivity index (χ0) is 17.5. The summed E-state index contributed by atoms with van der Waals surface area (Å²) in [4.78, 5) is 12.2. The average molecular weight is 323 g/mol. The van der Waals surface area contributed by atoms with Gasteiger partial charge in [0, 0.05) is 11.9 Å². The molecule has 0 unspecified atom stereocenters. The molecule has 0 aromatic heterocycles. The summed E-state index contributed by atoms with van der Waals surface area (Å²) in [6.07, 6.45) is 1.32. The van der Waals surface area contributed by atoms with E-state index in [0.717, 1.165) is 0 Å². The van der Waals surface area contributed by atoms with E-state index < -0.39 is 5.91 Å². The highest BCUT2D eigenvalue weighted by molar-refractivity contribution is 6.07. The number of aromatic hydroxyl groups is 1. The van der Waals surface area contributed by atoms with Crippen molar-refractivity contribution < 1.29 is 14.6 Å². The minimum absolute atomic E-state index is 0.0895. The van der Waals surface area contributed by atoms with E-state index >= 15 is 0 Å². The number of nitrogens with one attached hydrogen (secondary N) is 2. The first-order valence-electron chi connectivity index (χ1n) is 7.16. The Bertz CT molecular complexity index is 822. The number of phenols is 1. The number of phenolic OH excluding ortho intramolecular Hbond substituents is 1. The van der Waals surface area contributed by atoms with Crippen LogP contribution >= 0.6 is 0 Å². The van der Waals surface area contributed by atoms with Crippen molar-refractivity contribution >= 4 is 17.3 Å². The molecule has 0 aliphatic heterocycles. The molecule has 24 heavy (non-hydrogen) atoms. The van der Waals surface area contributed by atoms with E-state index in [-0.39, 0.29) is 11.3 Å². The number of hydrogen-bond acceptors (Lipinski definition) is 5. The molecule has 2 rings (SSSR count). The fourth-order valence-electron chi connectivity index (χ4n) is 2.04. The van der Waals surface area contributed by atoms with E-state index in [1.807, 2.05) is 18.2 Å². The zero-order valence-corrected chi connectivity index (χ0v) is 13.3. The molecule has 0 saturated carbocycles. The van der Waals surface area contributed by atoms with Crippen LogP contribution in [0.15, 0.2) is 54.2 Å². The second-order valence-corrected chi connectivity index (χ2v) is 4.97. The third-order valence-electron chi connectivity index (χ3n) is 3.30. The lowest BCUT2D eigenvalue weighted by Gasteiger charge is -2.09. The smallest absolute Gasteiger partial charge is 0.267 e. The molecule has 0 aliphatic rings. The van der Waals surface area contributed by atoms with Gasteiger partial charge in [0.05, 0.1) is 12.8 Å². The van der Waals surface area contributed by atoms with Crippen LogP contribution in [0.2, 0.25) is 0 Å². The number of hydrogen-bond donors (Lipinski definition) is 3.